The number of hydrogen-bond acceptors (Lipinski definition) is 7. The lowest BCUT2D eigenvalue weighted by molar-refractivity contribution is -0.0365. The van der Waals surface area contributed by atoms with Crippen LogP contribution in [-0.2, 0) is 16.0 Å². The van der Waals surface area contributed by atoms with Crippen LogP contribution in [0, 0.1) is 12.8 Å². The predicted molar refractivity (Wildman–Crippen MR) is 199 cm³/mol. The van der Waals surface area contributed by atoms with Crippen LogP contribution in [0.3, 0.4) is 0 Å². The Morgan fingerprint density at radius 3 is 2.55 bits per heavy atom. The summed E-state index contributed by atoms with van der Waals surface area (Å²) >= 11 is 0. The Kier molecular flexibility index (Phi) is 10.6. The molecule has 1 aliphatic heterocycles. The van der Waals surface area contributed by atoms with Crippen molar-refractivity contribution in [3.63, 3.8) is 0 Å². The van der Waals surface area contributed by atoms with Gasteiger partial charge in [0.2, 0.25) is 0 Å². The van der Waals surface area contributed by atoms with Crippen molar-refractivity contribution in [2.24, 2.45) is 5.92 Å². The molecule has 1 atom stereocenters. The molecule has 0 radical (unpaired) electrons. The molecule has 2 aromatic carbocycles. The van der Waals surface area contributed by atoms with Gasteiger partial charge in [0, 0.05) is 48.6 Å². The first-order valence-corrected chi connectivity index (χ1v) is 17.9. The van der Waals surface area contributed by atoms with Crippen LogP contribution >= 0.6 is 0 Å². The number of aromatic amines is 1. The average molecular weight is 692 g/mol. The van der Waals surface area contributed by atoms with Crippen molar-refractivity contribution in [2.75, 3.05) is 19.7 Å². The summed E-state index contributed by atoms with van der Waals surface area (Å²) in [5.74, 6) is 0.580. The Morgan fingerprint density at radius 2 is 1.86 bits per heavy atom. The fourth-order valence-corrected chi connectivity index (χ4v) is 6.32. The minimum atomic E-state index is -0.589. The zero-order valence-electron chi connectivity index (χ0n) is 30.7. The highest BCUT2D eigenvalue weighted by Crippen LogP contribution is 2.37. The van der Waals surface area contributed by atoms with Gasteiger partial charge in [0.1, 0.15) is 22.7 Å². The third-order valence-electron chi connectivity index (χ3n) is 9.03. The monoisotopic (exact) mass is 691 g/mol. The number of pyridine rings is 1. The molecule has 1 unspecified atom stereocenters. The van der Waals surface area contributed by atoms with Crippen LogP contribution < -0.4 is 5.32 Å². The third-order valence-corrected chi connectivity index (χ3v) is 9.03. The van der Waals surface area contributed by atoms with E-state index < -0.39 is 5.60 Å². The summed E-state index contributed by atoms with van der Waals surface area (Å²) in [5.41, 5.74) is 6.59. The highest BCUT2D eigenvalue weighted by Gasteiger charge is 2.27. The largest absolute Gasteiger partial charge is 0.444 e. The van der Waals surface area contributed by atoms with Gasteiger partial charge in [0.25, 0.3) is 5.91 Å². The molecule has 4 heterocycles. The van der Waals surface area contributed by atoms with Gasteiger partial charge in [-0.3, -0.25) is 9.78 Å². The van der Waals surface area contributed by atoms with E-state index in [0.29, 0.717) is 55.1 Å². The van der Waals surface area contributed by atoms with E-state index in [2.05, 4.69) is 54.3 Å². The average Bonchev–Trinajstić information content (AvgIpc) is 3.72. The molecule has 1 fully saturated rings. The minimum absolute atomic E-state index is 0.210. The maximum Gasteiger partial charge on any atom is 0.410 e. The van der Waals surface area contributed by atoms with Gasteiger partial charge in [0.05, 0.1) is 12.1 Å². The van der Waals surface area contributed by atoms with Gasteiger partial charge < -0.3 is 24.7 Å². The number of H-pyrrole nitrogens is 1. The van der Waals surface area contributed by atoms with Crippen LogP contribution in [0.4, 0.5) is 4.79 Å². The molecule has 5 aromatic rings. The Bertz CT molecular complexity index is 2000. The second kappa shape index (κ2) is 15.1. The Hall–Kier alpha value is -5.03. The van der Waals surface area contributed by atoms with Crippen molar-refractivity contribution < 1.29 is 19.1 Å². The smallest absolute Gasteiger partial charge is 0.410 e. The molecule has 1 saturated heterocycles. The third kappa shape index (κ3) is 7.99. The Morgan fingerprint density at radius 1 is 1.08 bits per heavy atom. The van der Waals surface area contributed by atoms with E-state index in [9.17, 15) is 9.59 Å². The number of carbonyl (C=O) groups excluding carboxylic acids is 2. The number of aromatic nitrogens is 5. The van der Waals surface area contributed by atoms with Gasteiger partial charge in [-0.2, -0.15) is 5.10 Å². The standard InChI is InChI=1S/C40H49N7O4/c1-8-46(39(49)51-40(5,6)7)24-29-22-41-23-31(26(29)4)28-17-18-32-30(20-28)35(45-47(32)33-16-12-13-19-50-33)37-43-34(27-14-10-9-11-15-27)36(44-37)38(48)42-21-25(2)3/h9-11,14-15,17-18,20,22-23,25,33H,8,12-13,16,19,21,24H2,1-7H3,(H,42,48)(H,43,44). The summed E-state index contributed by atoms with van der Waals surface area (Å²) < 4.78 is 13.8. The number of amides is 2. The Labute approximate surface area is 299 Å². The molecule has 0 spiro atoms. The summed E-state index contributed by atoms with van der Waals surface area (Å²) in [6, 6.07) is 16.0. The first kappa shape index (κ1) is 35.8. The van der Waals surface area contributed by atoms with Crippen molar-refractivity contribution >= 4 is 22.9 Å². The molecule has 0 saturated carbocycles. The summed E-state index contributed by atoms with van der Waals surface area (Å²) in [6.07, 6.45) is 6.02. The number of imidazole rings is 1. The molecule has 11 nitrogen and oxygen atoms in total. The normalized spacial score (nSPS) is 14.9. The summed E-state index contributed by atoms with van der Waals surface area (Å²) in [7, 11) is 0. The number of nitrogens with zero attached hydrogens (tertiary/aromatic N) is 5. The zero-order chi connectivity index (χ0) is 36.3. The number of hydrogen-bond donors (Lipinski definition) is 2. The number of ether oxygens (including phenoxy) is 2. The van der Waals surface area contributed by atoms with Crippen LogP contribution in [-0.4, -0.2) is 66.9 Å². The second-order valence-corrected chi connectivity index (χ2v) is 14.6. The SMILES string of the molecule is CCN(Cc1cncc(-c2ccc3c(c2)c(-c2nc(-c4ccccc4)c(C(=O)NCC(C)C)[nH]2)nn3C2CCCCO2)c1C)C(=O)OC(C)(C)C. The first-order chi connectivity index (χ1) is 24.4. The molecule has 2 N–H and O–H groups in total. The predicted octanol–water partition coefficient (Wildman–Crippen LogP) is 8.31. The summed E-state index contributed by atoms with van der Waals surface area (Å²) in [6.45, 7) is 15.8. The van der Waals surface area contributed by atoms with Crippen molar-refractivity contribution in [2.45, 2.75) is 86.1 Å². The topological polar surface area (TPSA) is 127 Å². The van der Waals surface area contributed by atoms with Crippen LogP contribution in [0.25, 0.3) is 44.8 Å². The molecular formula is C40H49N7O4. The maximum absolute atomic E-state index is 13.6. The highest BCUT2D eigenvalue weighted by molar-refractivity contribution is 6.01. The van der Waals surface area contributed by atoms with E-state index in [1.807, 2.05) is 75.1 Å². The number of nitrogens with one attached hydrogen (secondary N) is 2. The maximum atomic E-state index is 13.6. The lowest BCUT2D eigenvalue weighted by atomic mass is 9.97. The summed E-state index contributed by atoms with van der Waals surface area (Å²) in [4.78, 5) is 41.2. The van der Waals surface area contributed by atoms with Crippen LogP contribution in [0.2, 0.25) is 0 Å². The van der Waals surface area contributed by atoms with E-state index in [4.69, 9.17) is 19.6 Å². The molecule has 0 bridgehead atoms. The number of carbonyl (C=O) groups is 2. The van der Waals surface area contributed by atoms with Gasteiger partial charge in [-0.25, -0.2) is 14.5 Å². The van der Waals surface area contributed by atoms with Crippen LogP contribution in [0.5, 0.6) is 0 Å². The van der Waals surface area contributed by atoms with E-state index >= 15 is 0 Å². The van der Waals surface area contributed by atoms with E-state index in [-0.39, 0.29) is 18.2 Å². The van der Waals surface area contributed by atoms with E-state index in [1.54, 1.807) is 4.90 Å². The first-order valence-electron chi connectivity index (χ1n) is 17.9. The van der Waals surface area contributed by atoms with Crippen molar-refractivity contribution in [1.29, 1.82) is 0 Å². The zero-order valence-corrected chi connectivity index (χ0v) is 30.7. The molecule has 6 rings (SSSR count). The van der Waals surface area contributed by atoms with Crippen molar-refractivity contribution in [1.82, 2.24) is 34.9 Å². The second-order valence-electron chi connectivity index (χ2n) is 14.6. The molecule has 3 aromatic heterocycles. The molecular weight excluding hydrogens is 642 g/mol. The molecule has 2 amide bonds. The molecule has 51 heavy (non-hydrogen) atoms. The van der Waals surface area contributed by atoms with E-state index in [0.717, 1.165) is 58.0 Å². The van der Waals surface area contributed by atoms with Gasteiger partial charge in [0.15, 0.2) is 12.1 Å². The number of fused-ring (bicyclic) bond motifs is 1. The van der Waals surface area contributed by atoms with Crippen LogP contribution in [0.15, 0.2) is 60.9 Å². The number of benzene rings is 2. The van der Waals surface area contributed by atoms with Gasteiger partial charge in [-0.15, -0.1) is 0 Å². The fraction of sp³-hybridized carbons (Fsp3) is 0.425. The quantitative estimate of drug-likeness (QED) is 0.151. The van der Waals surface area contributed by atoms with Gasteiger partial charge in [-0.1, -0.05) is 50.2 Å². The lowest BCUT2D eigenvalue weighted by Crippen LogP contribution is -2.36. The number of rotatable bonds is 10. The molecule has 11 heteroatoms. The molecule has 1 aliphatic rings. The van der Waals surface area contributed by atoms with E-state index in [1.165, 1.54) is 0 Å². The van der Waals surface area contributed by atoms with Crippen molar-refractivity contribution in [3.8, 4) is 33.9 Å². The summed E-state index contributed by atoms with van der Waals surface area (Å²) in [5, 5.41) is 9.05. The van der Waals surface area contributed by atoms with Crippen LogP contribution in [0.1, 0.15) is 88.6 Å². The fourth-order valence-electron chi connectivity index (χ4n) is 6.32. The van der Waals surface area contributed by atoms with Crippen molar-refractivity contribution in [3.05, 3.63) is 77.7 Å². The Balaban J connectivity index is 1.45. The minimum Gasteiger partial charge on any atom is -0.444 e. The van der Waals surface area contributed by atoms with Gasteiger partial charge >= 0.3 is 6.09 Å². The lowest BCUT2D eigenvalue weighted by Gasteiger charge is -2.27. The molecule has 0 aliphatic carbocycles. The highest BCUT2D eigenvalue weighted by atomic mass is 16.6. The molecule has 268 valence electrons. The van der Waals surface area contributed by atoms with Gasteiger partial charge in [-0.05, 0) is 88.6 Å².